The summed E-state index contributed by atoms with van der Waals surface area (Å²) in [6.07, 6.45) is 15.3. The van der Waals surface area contributed by atoms with Crippen LogP contribution in [0.25, 0.3) is 0 Å². The van der Waals surface area contributed by atoms with Crippen LogP contribution < -0.4 is 9.46 Å². The molecule has 0 unspecified atom stereocenters. The quantitative estimate of drug-likeness (QED) is 0.162. The summed E-state index contributed by atoms with van der Waals surface area (Å²) in [6, 6.07) is 18.5. The standard InChI is InChI=1S/C37H49FN2O3S/c1-2-3-4-5-8-24-43-34-18-14-31(15-19-34)27-40-23-22-32-26-35(20-17-33(32)28-40)44(41,42)39-37-21-16-30(25-36(37)38)13-9-12-29-10-6-7-11-29/h14-21,25-26,29,39H,2-13,22-24,27-28H2,1H3. The summed E-state index contributed by atoms with van der Waals surface area (Å²) in [6.45, 7) is 5.42. The topological polar surface area (TPSA) is 58.6 Å². The van der Waals surface area contributed by atoms with Gasteiger partial charge in [0, 0.05) is 19.6 Å². The molecule has 0 amide bonds. The van der Waals surface area contributed by atoms with Crippen molar-refractivity contribution in [2.45, 2.75) is 108 Å². The number of nitrogens with zero attached hydrogens (tertiary/aromatic N) is 1. The van der Waals surface area contributed by atoms with Gasteiger partial charge in [-0.1, -0.05) is 89.0 Å². The molecule has 7 heteroatoms. The minimum atomic E-state index is -3.90. The predicted molar refractivity (Wildman–Crippen MR) is 177 cm³/mol. The van der Waals surface area contributed by atoms with E-state index in [0.717, 1.165) is 80.3 Å². The third-order valence-electron chi connectivity index (χ3n) is 9.26. The molecule has 1 fully saturated rings. The fourth-order valence-electron chi connectivity index (χ4n) is 6.63. The molecule has 1 N–H and O–H groups in total. The molecule has 0 bridgehead atoms. The number of nitrogens with one attached hydrogen (secondary N) is 1. The number of fused-ring (bicyclic) bond motifs is 1. The van der Waals surface area contributed by atoms with Crippen molar-refractivity contribution in [1.82, 2.24) is 4.90 Å². The SMILES string of the molecule is CCCCCCCOc1ccc(CN2CCc3cc(S(=O)(=O)Nc4ccc(CCCC5CCCC5)cc4F)ccc3C2)cc1. The monoisotopic (exact) mass is 620 g/mol. The van der Waals surface area contributed by atoms with Gasteiger partial charge in [0.15, 0.2) is 0 Å². The van der Waals surface area contributed by atoms with Crippen LogP contribution in [0.2, 0.25) is 0 Å². The van der Waals surface area contributed by atoms with Crippen LogP contribution in [0.5, 0.6) is 5.75 Å². The highest BCUT2D eigenvalue weighted by Gasteiger charge is 2.22. The number of hydrogen-bond donors (Lipinski definition) is 1. The molecule has 2 aliphatic rings. The molecule has 1 aliphatic carbocycles. The minimum Gasteiger partial charge on any atom is -0.494 e. The second-order valence-electron chi connectivity index (χ2n) is 12.8. The molecule has 5 rings (SSSR count). The molecule has 0 spiro atoms. The van der Waals surface area contributed by atoms with Crippen molar-refractivity contribution in [1.29, 1.82) is 0 Å². The van der Waals surface area contributed by atoms with Crippen LogP contribution in [-0.4, -0.2) is 26.5 Å². The van der Waals surface area contributed by atoms with Crippen molar-refractivity contribution in [2.75, 3.05) is 17.9 Å². The van der Waals surface area contributed by atoms with Crippen molar-refractivity contribution in [3.63, 3.8) is 0 Å². The van der Waals surface area contributed by atoms with Crippen LogP contribution in [0.3, 0.4) is 0 Å². The fourth-order valence-corrected chi connectivity index (χ4v) is 7.75. The number of unbranched alkanes of at least 4 members (excludes halogenated alkanes) is 4. The molecule has 0 radical (unpaired) electrons. The summed E-state index contributed by atoms with van der Waals surface area (Å²) in [4.78, 5) is 2.55. The molecule has 44 heavy (non-hydrogen) atoms. The molecule has 5 nitrogen and oxygen atoms in total. The lowest BCUT2D eigenvalue weighted by molar-refractivity contribution is 0.245. The van der Waals surface area contributed by atoms with E-state index in [1.54, 1.807) is 18.2 Å². The summed E-state index contributed by atoms with van der Waals surface area (Å²) >= 11 is 0. The first-order chi connectivity index (χ1) is 21.4. The lowest BCUT2D eigenvalue weighted by Crippen LogP contribution is -2.30. The highest BCUT2D eigenvalue weighted by molar-refractivity contribution is 7.92. The number of sulfonamides is 1. The van der Waals surface area contributed by atoms with Gasteiger partial charge in [0.2, 0.25) is 0 Å². The summed E-state index contributed by atoms with van der Waals surface area (Å²) in [7, 11) is -3.90. The summed E-state index contributed by atoms with van der Waals surface area (Å²) in [5.41, 5.74) is 4.31. The van der Waals surface area contributed by atoms with Crippen molar-refractivity contribution >= 4 is 15.7 Å². The highest BCUT2D eigenvalue weighted by atomic mass is 32.2. The van der Waals surface area contributed by atoms with E-state index in [4.69, 9.17) is 4.74 Å². The molecular formula is C37H49FN2O3S. The highest BCUT2D eigenvalue weighted by Crippen LogP contribution is 2.30. The number of hydrogen-bond acceptors (Lipinski definition) is 4. The number of rotatable bonds is 16. The van der Waals surface area contributed by atoms with Gasteiger partial charge >= 0.3 is 0 Å². The van der Waals surface area contributed by atoms with Crippen LogP contribution >= 0.6 is 0 Å². The Balaban J connectivity index is 1.11. The second kappa shape index (κ2) is 15.9. The maximum Gasteiger partial charge on any atom is 0.261 e. The molecule has 238 valence electrons. The van der Waals surface area contributed by atoms with E-state index in [1.807, 2.05) is 12.1 Å². The van der Waals surface area contributed by atoms with Crippen molar-refractivity contribution in [3.05, 3.63) is 88.7 Å². The fraction of sp³-hybridized carbons (Fsp3) is 0.514. The van der Waals surface area contributed by atoms with Crippen molar-refractivity contribution < 1.29 is 17.5 Å². The smallest absolute Gasteiger partial charge is 0.261 e. The lowest BCUT2D eigenvalue weighted by Gasteiger charge is -2.29. The zero-order valence-electron chi connectivity index (χ0n) is 26.3. The van der Waals surface area contributed by atoms with Gasteiger partial charge in [0.25, 0.3) is 10.0 Å². The van der Waals surface area contributed by atoms with Crippen molar-refractivity contribution in [2.24, 2.45) is 5.92 Å². The summed E-state index contributed by atoms with van der Waals surface area (Å²) in [5, 5.41) is 0. The van der Waals surface area contributed by atoms with Gasteiger partial charge in [-0.05, 0) is 90.3 Å². The zero-order valence-corrected chi connectivity index (χ0v) is 27.1. The Bertz CT molecular complexity index is 1450. The van der Waals surface area contributed by atoms with Gasteiger partial charge in [-0.3, -0.25) is 9.62 Å². The number of anilines is 1. The molecule has 1 saturated carbocycles. The molecule has 0 atom stereocenters. The molecule has 1 aliphatic heterocycles. The minimum absolute atomic E-state index is 0.00293. The van der Waals surface area contributed by atoms with Crippen LogP contribution in [0.1, 0.15) is 99.8 Å². The summed E-state index contributed by atoms with van der Waals surface area (Å²) in [5.74, 6) is 1.21. The van der Waals surface area contributed by atoms with Crippen LogP contribution in [0, 0.1) is 11.7 Å². The molecule has 3 aromatic rings. The largest absolute Gasteiger partial charge is 0.494 e. The van der Waals surface area contributed by atoms with E-state index in [2.05, 4.69) is 40.8 Å². The lowest BCUT2D eigenvalue weighted by atomic mass is 9.98. The molecule has 0 saturated heterocycles. The predicted octanol–water partition coefficient (Wildman–Crippen LogP) is 9.05. The first-order valence-corrected chi connectivity index (χ1v) is 18.2. The first kappa shape index (κ1) is 32.5. The Morgan fingerprint density at radius 3 is 2.43 bits per heavy atom. The number of aryl methyl sites for hydroxylation is 1. The Labute approximate surface area is 264 Å². The molecule has 0 aromatic heterocycles. The number of benzene rings is 3. The van der Waals surface area contributed by atoms with Gasteiger partial charge in [-0.2, -0.15) is 0 Å². The van der Waals surface area contributed by atoms with E-state index in [0.29, 0.717) is 0 Å². The van der Waals surface area contributed by atoms with E-state index >= 15 is 0 Å². The average molecular weight is 621 g/mol. The average Bonchev–Trinajstić information content (AvgIpc) is 3.54. The van der Waals surface area contributed by atoms with E-state index in [-0.39, 0.29) is 10.6 Å². The van der Waals surface area contributed by atoms with Crippen LogP contribution in [-0.2, 0) is 36.0 Å². The Hall–Kier alpha value is -2.90. The Kier molecular flexibility index (Phi) is 11.7. The van der Waals surface area contributed by atoms with Crippen molar-refractivity contribution in [3.8, 4) is 5.75 Å². The van der Waals surface area contributed by atoms with Gasteiger partial charge in [-0.25, -0.2) is 12.8 Å². The third-order valence-corrected chi connectivity index (χ3v) is 10.6. The maximum atomic E-state index is 14.9. The normalized spacial score (nSPS) is 15.8. The summed E-state index contributed by atoms with van der Waals surface area (Å²) < 4.78 is 49.7. The zero-order chi connectivity index (χ0) is 30.8. The Morgan fingerprint density at radius 1 is 0.886 bits per heavy atom. The van der Waals surface area contributed by atoms with E-state index in [9.17, 15) is 12.8 Å². The van der Waals surface area contributed by atoms with Gasteiger partial charge in [0.1, 0.15) is 11.6 Å². The van der Waals surface area contributed by atoms with Crippen LogP contribution in [0.4, 0.5) is 10.1 Å². The van der Waals surface area contributed by atoms with E-state index < -0.39 is 15.8 Å². The first-order valence-electron chi connectivity index (χ1n) is 16.8. The molecule has 3 aromatic carbocycles. The van der Waals surface area contributed by atoms with Gasteiger partial charge in [-0.15, -0.1) is 0 Å². The van der Waals surface area contributed by atoms with E-state index in [1.165, 1.54) is 69.4 Å². The Morgan fingerprint density at radius 2 is 1.66 bits per heavy atom. The number of ether oxygens (including phenoxy) is 1. The maximum absolute atomic E-state index is 14.9. The van der Waals surface area contributed by atoms with Crippen LogP contribution in [0.15, 0.2) is 65.6 Å². The molecule has 1 heterocycles. The van der Waals surface area contributed by atoms with Gasteiger partial charge in [0.05, 0.1) is 17.2 Å². The van der Waals surface area contributed by atoms with Gasteiger partial charge < -0.3 is 4.74 Å². The third kappa shape index (κ3) is 9.31. The molecular weight excluding hydrogens is 571 g/mol. The number of halogens is 1. The second-order valence-corrected chi connectivity index (χ2v) is 14.4.